The van der Waals surface area contributed by atoms with E-state index in [4.69, 9.17) is 11.6 Å². The SMILES string of the molecule is O=C(Nc1ccc(Cl)c(Br)c1)c1ccn(C2CCCNC2)n1. The molecule has 0 radical (unpaired) electrons. The van der Waals surface area contributed by atoms with Gasteiger partial charge in [0.15, 0.2) is 5.69 Å². The Morgan fingerprint density at radius 3 is 3.05 bits per heavy atom. The van der Waals surface area contributed by atoms with Crippen molar-refractivity contribution in [3.8, 4) is 0 Å². The van der Waals surface area contributed by atoms with Crippen LogP contribution in [0, 0.1) is 0 Å². The number of aromatic nitrogens is 2. The number of halogens is 2. The average molecular weight is 384 g/mol. The topological polar surface area (TPSA) is 59.0 Å². The van der Waals surface area contributed by atoms with E-state index >= 15 is 0 Å². The standard InChI is InChI=1S/C15H16BrClN4O/c16-12-8-10(3-4-13(12)17)19-15(22)14-5-7-21(20-14)11-2-1-6-18-9-11/h3-5,7-8,11,18H,1-2,6,9H2,(H,19,22). The number of hydrogen-bond acceptors (Lipinski definition) is 3. The van der Waals surface area contributed by atoms with Crippen molar-refractivity contribution in [2.75, 3.05) is 18.4 Å². The van der Waals surface area contributed by atoms with Gasteiger partial charge in [-0.25, -0.2) is 0 Å². The lowest BCUT2D eigenvalue weighted by Crippen LogP contribution is -2.32. The Morgan fingerprint density at radius 2 is 2.32 bits per heavy atom. The summed E-state index contributed by atoms with van der Waals surface area (Å²) in [4.78, 5) is 12.3. The highest BCUT2D eigenvalue weighted by Crippen LogP contribution is 2.25. The zero-order valence-electron chi connectivity index (χ0n) is 11.9. The molecule has 116 valence electrons. The predicted molar refractivity (Wildman–Crippen MR) is 90.5 cm³/mol. The minimum atomic E-state index is -0.225. The van der Waals surface area contributed by atoms with E-state index in [9.17, 15) is 4.79 Å². The zero-order valence-corrected chi connectivity index (χ0v) is 14.2. The molecule has 0 saturated carbocycles. The van der Waals surface area contributed by atoms with E-state index in [1.165, 1.54) is 0 Å². The molecule has 1 aliphatic heterocycles. The van der Waals surface area contributed by atoms with Gasteiger partial charge in [0.25, 0.3) is 5.91 Å². The van der Waals surface area contributed by atoms with Crippen molar-refractivity contribution in [2.24, 2.45) is 0 Å². The second-order valence-electron chi connectivity index (χ2n) is 5.26. The van der Waals surface area contributed by atoms with Crippen molar-refractivity contribution in [1.82, 2.24) is 15.1 Å². The van der Waals surface area contributed by atoms with Gasteiger partial charge in [-0.3, -0.25) is 9.48 Å². The molecule has 1 amide bonds. The van der Waals surface area contributed by atoms with Gasteiger partial charge in [-0.15, -0.1) is 0 Å². The lowest BCUT2D eigenvalue weighted by Gasteiger charge is -2.22. The molecule has 1 aromatic heterocycles. The molecule has 1 atom stereocenters. The molecule has 22 heavy (non-hydrogen) atoms. The van der Waals surface area contributed by atoms with Gasteiger partial charge in [0.2, 0.25) is 0 Å². The molecule has 1 unspecified atom stereocenters. The fourth-order valence-electron chi connectivity index (χ4n) is 2.49. The lowest BCUT2D eigenvalue weighted by molar-refractivity contribution is 0.102. The summed E-state index contributed by atoms with van der Waals surface area (Å²) in [6.07, 6.45) is 4.08. The van der Waals surface area contributed by atoms with Gasteiger partial charge in [-0.05, 0) is 59.6 Å². The van der Waals surface area contributed by atoms with Gasteiger partial charge in [0.05, 0.1) is 11.1 Å². The van der Waals surface area contributed by atoms with Gasteiger partial charge >= 0.3 is 0 Å². The molecular formula is C15H16BrClN4O. The summed E-state index contributed by atoms with van der Waals surface area (Å²) >= 11 is 9.28. The van der Waals surface area contributed by atoms with Crippen LogP contribution in [0.25, 0.3) is 0 Å². The number of nitrogens with zero attached hydrogens (tertiary/aromatic N) is 2. The number of carbonyl (C=O) groups excluding carboxylic acids is 1. The maximum absolute atomic E-state index is 12.3. The van der Waals surface area contributed by atoms with E-state index < -0.39 is 0 Å². The number of piperidine rings is 1. The first-order valence-corrected chi connectivity index (χ1v) is 8.33. The summed E-state index contributed by atoms with van der Waals surface area (Å²) in [5, 5.41) is 11.2. The van der Waals surface area contributed by atoms with Gasteiger partial charge < -0.3 is 10.6 Å². The molecule has 0 spiro atoms. The molecule has 1 fully saturated rings. The van der Waals surface area contributed by atoms with Crippen LogP contribution in [0.4, 0.5) is 5.69 Å². The second kappa shape index (κ2) is 6.81. The van der Waals surface area contributed by atoms with E-state index in [0.29, 0.717) is 22.4 Å². The fourth-order valence-corrected chi connectivity index (χ4v) is 2.99. The Balaban J connectivity index is 1.69. The molecular weight excluding hydrogens is 368 g/mol. The number of anilines is 1. The third-order valence-corrected chi connectivity index (χ3v) is 4.88. The highest BCUT2D eigenvalue weighted by Gasteiger charge is 2.17. The summed E-state index contributed by atoms with van der Waals surface area (Å²) in [7, 11) is 0. The Labute approximate surface area is 142 Å². The zero-order chi connectivity index (χ0) is 15.5. The van der Waals surface area contributed by atoms with E-state index in [2.05, 4.69) is 31.7 Å². The second-order valence-corrected chi connectivity index (χ2v) is 6.53. The van der Waals surface area contributed by atoms with Crippen molar-refractivity contribution in [1.29, 1.82) is 0 Å². The molecule has 7 heteroatoms. The molecule has 0 bridgehead atoms. The summed E-state index contributed by atoms with van der Waals surface area (Å²) in [6, 6.07) is 7.32. The summed E-state index contributed by atoms with van der Waals surface area (Å²) in [5.74, 6) is -0.225. The molecule has 0 aliphatic carbocycles. The van der Waals surface area contributed by atoms with E-state index in [0.717, 1.165) is 30.4 Å². The first-order valence-electron chi connectivity index (χ1n) is 7.16. The quantitative estimate of drug-likeness (QED) is 0.853. The third kappa shape index (κ3) is 3.51. The van der Waals surface area contributed by atoms with Crippen molar-refractivity contribution < 1.29 is 4.79 Å². The highest BCUT2D eigenvalue weighted by molar-refractivity contribution is 9.10. The van der Waals surface area contributed by atoms with Crippen LogP contribution in [-0.4, -0.2) is 28.8 Å². The monoisotopic (exact) mass is 382 g/mol. The first-order chi connectivity index (χ1) is 10.6. The highest BCUT2D eigenvalue weighted by atomic mass is 79.9. The Bertz CT molecular complexity index is 682. The van der Waals surface area contributed by atoms with Crippen molar-refractivity contribution in [3.05, 3.63) is 45.7 Å². The molecule has 2 aromatic rings. The molecule has 3 rings (SSSR count). The van der Waals surface area contributed by atoms with Crippen molar-refractivity contribution in [3.63, 3.8) is 0 Å². The van der Waals surface area contributed by atoms with Crippen LogP contribution in [0.2, 0.25) is 5.02 Å². The van der Waals surface area contributed by atoms with Crippen LogP contribution in [-0.2, 0) is 0 Å². The molecule has 5 nitrogen and oxygen atoms in total. The summed E-state index contributed by atoms with van der Waals surface area (Å²) in [5.41, 5.74) is 1.09. The molecule has 2 N–H and O–H groups in total. The number of hydrogen-bond donors (Lipinski definition) is 2. The van der Waals surface area contributed by atoms with Crippen LogP contribution < -0.4 is 10.6 Å². The summed E-state index contributed by atoms with van der Waals surface area (Å²) in [6.45, 7) is 1.95. The van der Waals surface area contributed by atoms with E-state index in [1.54, 1.807) is 24.3 Å². The van der Waals surface area contributed by atoms with Gasteiger partial charge in [-0.1, -0.05) is 11.6 Å². The summed E-state index contributed by atoms with van der Waals surface area (Å²) < 4.78 is 2.62. The van der Waals surface area contributed by atoms with Gasteiger partial charge in [0, 0.05) is 22.9 Å². The minimum Gasteiger partial charge on any atom is -0.321 e. The first kappa shape index (κ1) is 15.5. The normalized spacial score (nSPS) is 18.2. The van der Waals surface area contributed by atoms with Gasteiger partial charge in [0.1, 0.15) is 0 Å². The smallest absolute Gasteiger partial charge is 0.276 e. The van der Waals surface area contributed by atoms with Gasteiger partial charge in [-0.2, -0.15) is 5.10 Å². The minimum absolute atomic E-state index is 0.225. The number of carbonyl (C=O) groups is 1. The number of rotatable bonds is 3. The molecule has 1 aliphatic rings. The Kier molecular flexibility index (Phi) is 4.81. The number of amides is 1. The van der Waals surface area contributed by atoms with Crippen LogP contribution in [0.5, 0.6) is 0 Å². The molecule has 1 aromatic carbocycles. The maximum atomic E-state index is 12.3. The van der Waals surface area contributed by atoms with Crippen LogP contribution in [0.15, 0.2) is 34.9 Å². The van der Waals surface area contributed by atoms with E-state index in [1.807, 2.05) is 10.9 Å². The van der Waals surface area contributed by atoms with Crippen LogP contribution in [0.3, 0.4) is 0 Å². The van der Waals surface area contributed by atoms with Crippen LogP contribution >= 0.6 is 27.5 Å². The van der Waals surface area contributed by atoms with Crippen molar-refractivity contribution in [2.45, 2.75) is 18.9 Å². The number of nitrogens with one attached hydrogen (secondary N) is 2. The van der Waals surface area contributed by atoms with E-state index in [-0.39, 0.29) is 5.91 Å². The molecule has 1 saturated heterocycles. The predicted octanol–water partition coefficient (Wildman–Crippen LogP) is 3.48. The number of benzene rings is 1. The maximum Gasteiger partial charge on any atom is 0.276 e. The molecule has 2 heterocycles. The fraction of sp³-hybridized carbons (Fsp3) is 0.333. The Hall–Kier alpha value is -1.37. The van der Waals surface area contributed by atoms with Crippen molar-refractivity contribution >= 4 is 39.1 Å². The largest absolute Gasteiger partial charge is 0.321 e. The van der Waals surface area contributed by atoms with Crippen LogP contribution in [0.1, 0.15) is 29.4 Å². The Morgan fingerprint density at radius 1 is 1.45 bits per heavy atom. The lowest BCUT2D eigenvalue weighted by atomic mass is 10.1. The third-order valence-electron chi connectivity index (χ3n) is 3.66. The average Bonchev–Trinajstić information content (AvgIpc) is 3.02.